The van der Waals surface area contributed by atoms with E-state index in [0.717, 1.165) is 30.7 Å². The van der Waals surface area contributed by atoms with E-state index in [0.29, 0.717) is 0 Å². The van der Waals surface area contributed by atoms with Crippen LogP contribution in [0.2, 0.25) is 0 Å². The highest BCUT2D eigenvalue weighted by molar-refractivity contribution is 5.87. The van der Waals surface area contributed by atoms with Gasteiger partial charge in [0.25, 0.3) is 0 Å². The van der Waals surface area contributed by atoms with Crippen molar-refractivity contribution < 1.29 is 14.6 Å². The zero-order valence-corrected chi connectivity index (χ0v) is 12.2. The molecule has 5 nitrogen and oxygen atoms in total. The molecule has 1 fully saturated rings. The summed E-state index contributed by atoms with van der Waals surface area (Å²) in [5, 5.41) is 13.1. The van der Waals surface area contributed by atoms with E-state index in [1.54, 1.807) is 24.9 Å². The van der Waals surface area contributed by atoms with Gasteiger partial charge in [-0.25, -0.2) is 4.79 Å². The summed E-state index contributed by atoms with van der Waals surface area (Å²) in [5.74, 6) is -1.01. The van der Waals surface area contributed by atoms with E-state index >= 15 is 0 Å². The molecular weight excluding hydrogens is 268 g/mol. The second-order valence-corrected chi connectivity index (χ2v) is 5.64. The van der Waals surface area contributed by atoms with Crippen molar-refractivity contribution in [1.29, 1.82) is 0 Å². The van der Waals surface area contributed by atoms with Crippen LogP contribution in [-0.2, 0) is 17.2 Å². The maximum atomic E-state index is 11.0. The average Bonchev–Trinajstić information content (AvgIpc) is 3.14. The first-order valence-corrected chi connectivity index (χ1v) is 6.93. The Kier molecular flexibility index (Phi) is 3.29. The Morgan fingerprint density at radius 1 is 1.43 bits per heavy atom. The minimum Gasteiger partial charge on any atom is -0.476 e. The van der Waals surface area contributed by atoms with Gasteiger partial charge in [-0.2, -0.15) is 5.10 Å². The summed E-state index contributed by atoms with van der Waals surface area (Å²) in [4.78, 5) is 11.0. The molecule has 0 spiro atoms. The normalized spacial score (nSPS) is 15.9. The van der Waals surface area contributed by atoms with Crippen molar-refractivity contribution in [3.8, 4) is 11.3 Å². The highest BCUT2D eigenvalue weighted by Crippen LogP contribution is 2.48. The van der Waals surface area contributed by atoms with Crippen molar-refractivity contribution in [1.82, 2.24) is 9.78 Å². The van der Waals surface area contributed by atoms with Crippen LogP contribution in [0, 0.1) is 0 Å². The molecule has 0 amide bonds. The monoisotopic (exact) mass is 286 g/mol. The van der Waals surface area contributed by atoms with Gasteiger partial charge in [-0.1, -0.05) is 18.2 Å². The predicted molar refractivity (Wildman–Crippen MR) is 78.4 cm³/mol. The highest BCUT2D eigenvalue weighted by atomic mass is 16.5. The largest absolute Gasteiger partial charge is 0.476 e. The van der Waals surface area contributed by atoms with Crippen molar-refractivity contribution in [2.75, 3.05) is 13.7 Å². The Morgan fingerprint density at radius 2 is 2.19 bits per heavy atom. The van der Waals surface area contributed by atoms with Gasteiger partial charge in [0.15, 0.2) is 5.69 Å². The van der Waals surface area contributed by atoms with Crippen LogP contribution in [0.3, 0.4) is 0 Å². The lowest BCUT2D eigenvalue weighted by Crippen LogP contribution is -2.13. The molecule has 1 aromatic heterocycles. The molecule has 1 heterocycles. The molecule has 21 heavy (non-hydrogen) atoms. The maximum Gasteiger partial charge on any atom is 0.356 e. The van der Waals surface area contributed by atoms with Crippen LogP contribution < -0.4 is 0 Å². The van der Waals surface area contributed by atoms with Gasteiger partial charge in [-0.05, 0) is 30.5 Å². The molecule has 0 saturated heterocycles. The molecule has 0 bridgehead atoms. The van der Waals surface area contributed by atoms with Crippen LogP contribution >= 0.6 is 0 Å². The lowest BCUT2D eigenvalue weighted by Gasteiger charge is -2.15. The van der Waals surface area contributed by atoms with E-state index < -0.39 is 5.97 Å². The quantitative estimate of drug-likeness (QED) is 0.917. The minimum absolute atomic E-state index is 0.0657. The molecule has 110 valence electrons. The Morgan fingerprint density at radius 3 is 2.76 bits per heavy atom. The van der Waals surface area contributed by atoms with Crippen LogP contribution in [0.15, 0.2) is 30.3 Å². The molecule has 1 aliphatic carbocycles. The van der Waals surface area contributed by atoms with Gasteiger partial charge in [0.1, 0.15) is 0 Å². The second kappa shape index (κ2) is 5.00. The smallest absolute Gasteiger partial charge is 0.356 e. The van der Waals surface area contributed by atoms with E-state index in [1.165, 1.54) is 5.56 Å². The fourth-order valence-electron chi connectivity index (χ4n) is 2.79. The van der Waals surface area contributed by atoms with E-state index in [9.17, 15) is 4.79 Å². The molecule has 1 saturated carbocycles. The van der Waals surface area contributed by atoms with E-state index in [2.05, 4.69) is 17.2 Å². The van der Waals surface area contributed by atoms with E-state index in [4.69, 9.17) is 9.84 Å². The number of rotatable bonds is 5. The number of ether oxygens (including phenoxy) is 1. The number of carbonyl (C=O) groups is 1. The topological polar surface area (TPSA) is 64.3 Å². The molecule has 0 unspecified atom stereocenters. The van der Waals surface area contributed by atoms with Gasteiger partial charge in [0.05, 0.1) is 12.3 Å². The molecule has 3 rings (SSSR count). The average molecular weight is 286 g/mol. The minimum atomic E-state index is -1.01. The summed E-state index contributed by atoms with van der Waals surface area (Å²) in [6.07, 6.45) is 2.27. The van der Waals surface area contributed by atoms with Crippen molar-refractivity contribution in [3.63, 3.8) is 0 Å². The van der Waals surface area contributed by atoms with Crippen molar-refractivity contribution in [3.05, 3.63) is 41.6 Å². The number of benzene rings is 1. The Bertz CT molecular complexity index is 687. The van der Waals surface area contributed by atoms with Crippen molar-refractivity contribution in [2.24, 2.45) is 7.05 Å². The van der Waals surface area contributed by atoms with Crippen LogP contribution in [0.5, 0.6) is 0 Å². The summed E-state index contributed by atoms with van der Waals surface area (Å²) in [7, 11) is 3.49. The maximum absolute atomic E-state index is 11.0. The third-order valence-corrected chi connectivity index (χ3v) is 4.14. The van der Waals surface area contributed by atoms with Crippen molar-refractivity contribution >= 4 is 5.97 Å². The summed E-state index contributed by atoms with van der Waals surface area (Å²) >= 11 is 0. The van der Waals surface area contributed by atoms with Crippen LogP contribution in [0.4, 0.5) is 0 Å². The molecular formula is C16H18N2O3. The number of nitrogens with zero attached hydrogens (tertiary/aromatic N) is 2. The Labute approximate surface area is 123 Å². The van der Waals surface area contributed by atoms with Gasteiger partial charge < -0.3 is 9.84 Å². The number of aromatic nitrogens is 2. The number of hydrogen-bond donors (Lipinski definition) is 1. The van der Waals surface area contributed by atoms with Gasteiger partial charge in [-0.15, -0.1) is 0 Å². The zero-order valence-electron chi connectivity index (χ0n) is 12.2. The third-order valence-electron chi connectivity index (χ3n) is 4.14. The number of carboxylic acids is 1. The van der Waals surface area contributed by atoms with E-state index in [1.807, 2.05) is 12.1 Å². The number of aromatic carboxylic acids is 1. The summed E-state index contributed by atoms with van der Waals surface area (Å²) in [5.41, 5.74) is 3.25. The summed E-state index contributed by atoms with van der Waals surface area (Å²) in [6, 6.07) is 9.83. The zero-order chi connectivity index (χ0) is 15.0. The Hall–Kier alpha value is -2.14. The first kappa shape index (κ1) is 13.8. The number of carboxylic acid groups (broad SMARTS) is 1. The third kappa shape index (κ3) is 2.45. The standard InChI is InChI=1S/C16H18N2O3/c1-18-14(9-13(17-18)15(19)20)11-4-3-5-12(8-11)16(6-7-16)10-21-2/h3-5,8-9H,6-7,10H2,1-2H3,(H,19,20). The van der Waals surface area contributed by atoms with Crippen LogP contribution in [0.25, 0.3) is 11.3 Å². The molecule has 0 radical (unpaired) electrons. The fourth-order valence-corrected chi connectivity index (χ4v) is 2.79. The van der Waals surface area contributed by atoms with Gasteiger partial charge >= 0.3 is 5.97 Å². The summed E-state index contributed by atoms with van der Waals surface area (Å²) in [6.45, 7) is 0.724. The fraction of sp³-hybridized carbons (Fsp3) is 0.375. The number of hydrogen-bond acceptors (Lipinski definition) is 3. The number of aryl methyl sites for hydroxylation is 1. The molecule has 1 N–H and O–H groups in total. The Balaban J connectivity index is 1.99. The SMILES string of the molecule is COCC1(c2cccc(-c3cc(C(=O)O)nn3C)c2)CC1. The first-order chi connectivity index (χ1) is 10.1. The second-order valence-electron chi connectivity index (χ2n) is 5.64. The molecule has 1 aromatic carbocycles. The van der Waals surface area contributed by atoms with Crippen LogP contribution in [0.1, 0.15) is 28.9 Å². The highest BCUT2D eigenvalue weighted by Gasteiger charge is 2.44. The van der Waals surface area contributed by atoms with E-state index in [-0.39, 0.29) is 11.1 Å². The first-order valence-electron chi connectivity index (χ1n) is 6.93. The van der Waals surface area contributed by atoms with Crippen molar-refractivity contribution in [2.45, 2.75) is 18.3 Å². The van der Waals surface area contributed by atoms with Gasteiger partial charge in [0, 0.05) is 25.1 Å². The molecule has 1 aliphatic rings. The predicted octanol–water partition coefficient (Wildman–Crippen LogP) is 2.46. The molecule has 0 atom stereocenters. The summed E-state index contributed by atoms with van der Waals surface area (Å²) < 4.78 is 6.94. The molecule has 5 heteroatoms. The lowest BCUT2D eigenvalue weighted by atomic mass is 9.94. The van der Waals surface area contributed by atoms with Crippen LogP contribution in [-0.4, -0.2) is 34.6 Å². The number of methoxy groups -OCH3 is 1. The van der Waals surface area contributed by atoms with Gasteiger partial charge in [0.2, 0.25) is 0 Å². The molecule has 0 aliphatic heterocycles. The lowest BCUT2D eigenvalue weighted by molar-refractivity contribution is 0.0689. The molecule has 2 aromatic rings. The van der Waals surface area contributed by atoms with Gasteiger partial charge in [-0.3, -0.25) is 4.68 Å².